The lowest BCUT2D eigenvalue weighted by Crippen LogP contribution is -2.43. The summed E-state index contributed by atoms with van der Waals surface area (Å²) in [5.74, 6) is 0.340. The van der Waals surface area contributed by atoms with Gasteiger partial charge < -0.3 is 20.7 Å². The molecule has 0 bridgehead atoms. The van der Waals surface area contributed by atoms with Gasteiger partial charge in [0, 0.05) is 46.0 Å². The number of nitrogens with zero attached hydrogens (tertiary/aromatic N) is 2. The van der Waals surface area contributed by atoms with E-state index < -0.39 is 6.09 Å². The summed E-state index contributed by atoms with van der Waals surface area (Å²) in [6, 6.07) is 9.28. The van der Waals surface area contributed by atoms with Crippen molar-refractivity contribution in [3.05, 3.63) is 52.8 Å². The molecule has 5 rings (SSSR count). The van der Waals surface area contributed by atoms with Crippen LogP contribution in [0.5, 0.6) is 5.88 Å². The molecular formula is C24H24BrN5O3. The highest BCUT2D eigenvalue weighted by Crippen LogP contribution is 2.38. The minimum atomic E-state index is -0.519. The zero-order chi connectivity index (χ0) is 22.8. The molecule has 2 aliphatic rings. The lowest BCUT2D eigenvalue weighted by molar-refractivity contribution is 0.0968. The predicted octanol–water partition coefficient (Wildman–Crippen LogP) is 4.57. The number of carbonyl (C=O) groups excluding carboxylic acids is 2. The van der Waals surface area contributed by atoms with Gasteiger partial charge in [0.15, 0.2) is 5.78 Å². The molecule has 3 aromatic rings. The minimum Gasteiger partial charge on any atom is -0.391 e. The zero-order valence-corrected chi connectivity index (χ0v) is 19.5. The van der Waals surface area contributed by atoms with Crippen LogP contribution in [0.25, 0.3) is 10.9 Å². The number of ketones is 1. The molecule has 0 unspecified atom stereocenters. The lowest BCUT2D eigenvalue weighted by atomic mass is 10.0. The number of nitrogens with one attached hydrogen (secondary N) is 3. The summed E-state index contributed by atoms with van der Waals surface area (Å²) >= 11 is 3.52. The fourth-order valence-corrected chi connectivity index (χ4v) is 4.36. The number of rotatable bonds is 6. The van der Waals surface area contributed by atoms with Gasteiger partial charge in [-0.1, -0.05) is 15.9 Å². The number of benzene rings is 1. The molecule has 0 spiro atoms. The molecular weight excluding hydrogens is 486 g/mol. The number of pyridine rings is 2. The highest BCUT2D eigenvalue weighted by molar-refractivity contribution is 9.10. The van der Waals surface area contributed by atoms with E-state index >= 15 is 0 Å². The van der Waals surface area contributed by atoms with E-state index in [1.807, 2.05) is 18.2 Å². The van der Waals surface area contributed by atoms with Crippen LogP contribution >= 0.6 is 15.9 Å². The Kier molecular flexibility index (Phi) is 6.24. The van der Waals surface area contributed by atoms with E-state index in [1.165, 1.54) is 0 Å². The van der Waals surface area contributed by atoms with Gasteiger partial charge in [0.2, 0.25) is 5.88 Å². The molecule has 1 aliphatic heterocycles. The number of ether oxygens (including phenoxy) is 1. The van der Waals surface area contributed by atoms with Crippen LogP contribution in [0.1, 0.15) is 36.0 Å². The highest BCUT2D eigenvalue weighted by atomic mass is 79.9. The van der Waals surface area contributed by atoms with Crippen LogP contribution < -0.4 is 20.7 Å². The third-order valence-electron chi connectivity index (χ3n) is 5.91. The molecule has 2 fully saturated rings. The summed E-state index contributed by atoms with van der Waals surface area (Å²) in [7, 11) is 0. The third kappa shape index (κ3) is 5.15. The number of anilines is 2. The van der Waals surface area contributed by atoms with E-state index in [2.05, 4.69) is 41.8 Å². The van der Waals surface area contributed by atoms with Crippen molar-refractivity contribution < 1.29 is 14.3 Å². The first-order valence-electron chi connectivity index (χ1n) is 11.1. The molecule has 0 radical (unpaired) electrons. The monoisotopic (exact) mass is 509 g/mol. The number of carbonyl (C=O) groups is 2. The number of Topliss-reactive ketones (excluding diaryl/α,β-unsaturated/α-hetero) is 1. The van der Waals surface area contributed by atoms with Crippen molar-refractivity contribution in [2.24, 2.45) is 5.92 Å². The number of hydrogen-bond acceptors (Lipinski definition) is 7. The molecule has 33 heavy (non-hydrogen) atoms. The topological polar surface area (TPSA) is 105 Å². The average molecular weight is 510 g/mol. The lowest BCUT2D eigenvalue weighted by Gasteiger charge is -2.23. The summed E-state index contributed by atoms with van der Waals surface area (Å²) in [5.41, 5.74) is 2.69. The second-order valence-corrected chi connectivity index (χ2v) is 9.33. The Morgan fingerprint density at radius 3 is 2.67 bits per heavy atom. The van der Waals surface area contributed by atoms with Gasteiger partial charge in [-0.15, -0.1) is 0 Å². The minimum absolute atomic E-state index is 0.0620. The Hall–Kier alpha value is -3.04. The summed E-state index contributed by atoms with van der Waals surface area (Å²) in [4.78, 5) is 33.9. The van der Waals surface area contributed by atoms with Crippen LogP contribution in [0.4, 0.5) is 16.2 Å². The van der Waals surface area contributed by atoms with Crippen molar-refractivity contribution in [2.75, 3.05) is 18.4 Å². The van der Waals surface area contributed by atoms with Gasteiger partial charge in [-0.2, -0.15) is 0 Å². The zero-order valence-electron chi connectivity index (χ0n) is 17.9. The Bertz CT molecular complexity index is 1210. The van der Waals surface area contributed by atoms with E-state index in [-0.39, 0.29) is 23.6 Å². The van der Waals surface area contributed by atoms with E-state index in [0.717, 1.165) is 54.1 Å². The van der Waals surface area contributed by atoms with Crippen molar-refractivity contribution in [1.29, 1.82) is 0 Å². The molecule has 1 amide bonds. The van der Waals surface area contributed by atoms with Gasteiger partial charge in [-0.3, -0.25) is 9.78 Å². The largest absolute Gasteiger partial charge is 0.414 e. The summed E-state index contributed by atoms with van der Waals surface area (Å²) in [5, 5.41) is 10.3. The summed E-state index contributed by atoms with van der Waals surface area (Å²) in [6.07, 6.45) is 6.25. The molecule has 1 saturated carbocycles. The summed E-state index contributed by atoms with van der Waals surface area (Å²) in [6.45, 7) is 1.75. The van der Waals surface area contributed by atoms with Crippen molar-refractivity contribution in [2.45, 2.75) is 31.7 Å². The molecule has 1 saturated heterocycles. The van der Waals surface area contributed by atoms with Crippen LogP contribution in [-0.2, 0) is 0 Å². The van der Waals surface area contributed by atoms with Crippen LogP contribution in [0.3, 0.4) is 0 Å². The van der Waals surface area contributed by atoms with E-state index in [1.54, 1.807) is 24.5 Å². The van der Waals surface area contributed by atoms with Gasteiger partial charge in [0.05, 0.1) is 16.8 Å². The molecule has 2 aromatic heterocycles. The molecule has 9 heteroatoms. The van der Waals surface area contributed by atoms with Gasteiger partial charge >= 0.3 is 6.09 Å². The third-order valence-corrected chi connectivity index (χ3v) is 6.40. The molecule has 0 atom stereocenters. The number of hydrogen-bond donors (Lipinski definition) is 3. The smallest absolute Gasteiger partial charge is 0.391 e. The quantitative estimate of drug-likeness (QED) is 0.418. The predicted molar refractivity (Wildman–Crippen MR) is 129 cm³/mol. The van der Waals surface area contributed by atoms with Crippen LogP contribution in [-0.4, -0.2) is 41.0 Å². The first kappa shape index (κ1) is 21.8. The number of amides is 1. The van der Waals surface area contributed by atoms with Crippen LogP contribution in [0.15, 0.2) is 47.2 Å². The second-order valence-electron chi connectivity index (χ2n) is 8.41. The van der Waals surface area contributed by atoms with Gasteiger partial charge in [0.1, 0.15) is 0 Å². The Labute approximate surface area is 199 Å². The maximum absolute atomic E-state index is 13.0. The maximum atomic E-state index is 13.0. The molecule has 8 nitrogen and oxygen atoms in total. The summed E-state index contributed by atoms with van der Waals surface area (Å²) < 4.78 is 6.31. The Balaban J connectivity index is 1.40. The first-order chi connectivity index (χ1) is 16.1. The van der Waals surface area contributed by atoms with Gasteiger partial charge in [0.25, 0.3) is 0 Å². The fourth-order valence-electron chi connectivity index (χ4n) is 4.00. The molecule has 3 heterocycles. The van der Waals surface area contributed by atoms with E-state index in [4.69, 9.17) is 4.74 Å². The van der Waals surface area contributed by atoms with E-state index in [0.29, 0.717) is 16.9 Å². The fraction of sp³-hybridized carbons (Fsp3) is 0.333. The number of halogens is 1. The Morgan fingerprint density at radius 2 is 1.88 bits per heavy atom. The SMILES string of the molecule is O=C(NC1CCNCC1)Oc1cc(Nc2c(C(=O)C3CC3)cnc3ccc(Br)cc23)ccn1. The molecule has 3 N–H and O–H groups in total. The first-order valence-corrected chi connectivity index (χ1v) is 11.9. The molecule has 170 valence electrons. The van der Waals surface area contributed by atoms with Crippen molar-refractivity contribution >= 4 is 50.1 Å². The number of piperidine rings is 1. The molecule has 1 aliphatic carbocycles. The van der Waals surface area contributed by atoms with Crippen LogP contribution in [0, 0.1) is 5.92 Å². The van der Waals surface area contributed by atoms with Gasteiger partial charge in [-0.25, -0.2) is 9.78 Å². The Morgan fingerprint density at radius 1 is 1.06 bits per heavy atom. The van der Waals surface area contributed by atoms with Crippen molar-refractivity contribution in [3.8, 4) is 5.88 Å². The average Bonchev–Trinajstić information content (AvgIpc) is 3.65. The number of fused-ring (bicyclic) bond motifs is 1. The maximum Gasteiger partial charge on any atom is 0.414 e. The second kappa shape index (κ2) is 9.44. The van der Waals surface area contributed by atoms with Crippen molar-refractivity contribution in [3.63, 3.8) is 0 Å². The standard InChI is InChI=1S/C24H24BrN5O3/c25-15-3-4-20-18(11-15)22(19(13-28-20)23(31)14-1-2-14)29-17-7-10-27-21(12-17)33-24(32)30-16-5-8-26-9-6-16/h3-4,7,10-14,16,26H,1-2,5-6,8-9H2,(H,30,32)(H,27,28,29). The van der Waals surface area contributed by atoms with Crippen molar-refractivity contribution in [1.82, 2.24) is 20.6 Å². The molecule has 1 aromatic carbocycles. The van der Waals surface area contributed by atoms with Gasteiger partial charge in [-0.05, 0) is 63.0 Å². The van der Waals surface area contributed by atoms with E-state index in [9.17, 15) is 9.59 Å². The number of aromatic nitrogens is 2. The normalized spacial score (nSPS) is 16.4. The van der Waals surface area contributed by atoms with Crippen LogP contribution in [0.2, 0.25) is 0 Å². The highest BCUT2D eigenvalue weighted by Gasteiger charge is 2.32.